The number of halogens is 1. The van der Waals surface area contributed by atoms with E-state index in [4.69, 9.17) is 16.3 Å². The molecule has 1 saturated heterocycles. The summed E-state index contributed by atoms with van der Waals surface area (Å²) in [5.74, 6) is -0.00135. The smallest absolute Gasteiger partial charge is 0.271 e. The van der Waals surface area contributed by atoms with Crippen molar-refractivity contribution in [1.29, 1.82) is 0 Å². The molecule has 0 unspecified atom stereocenters. The predicted molar refractivity (Wildman–Crippen MR) is 162 cm³/mol. The highest BCUT2D eigenvalue weighted by molar-refractivity contribution is 6.32. The Hall–Kier alpha value is -4.56. The lowest BCUT2D eigenvalue weighted by Crippen LogP contribution is -2.50. The number of amides is 2. The Kier molecular flexibility index (Phi) is 8.40. The highest BCUT2D eigenvalue weighted by Gasteiger charge is 2.22. The van der Waals surface area contributed by atoms with Gasteiger partial charge in [-0.3, -0.25) is 9.59 Å². The van der Waals surface area contributed by atoms with Gasteiger partial charge in [0.2, 0.25) is 0 Å². The van der Waals surface area contributed by atoms with Gasteiger partial charge in [0.1, 0.15) is 11.5 Å². The van der Waals surface area contributed by atoms with Gasteiger partial charge in [-0.25, -0.2) is 5.43 Å². The van der Waals surface area contributed by atoms with Crippen LogP contribution in [-0.4, -0.2) is 60.8 Å². The van der Waals surface area contributed by atoms with Gasteiger partial charge in [0.25, 0.3) is 11.8 Å². The SMILES string of the molecule is Cc1ccc(N2CCN(C(=O)COc3ccc(/C=N\NC(=O)c4ccc(O)c(Cl)c4)c4ccccc34)CC2)c(C)c1. The number of hydrogen-bond acceptors (Lipinski definition) is 6. The summed E-state index contributed by atoms with van der Waals surface area (Å²) < 4.78 is 6.00. The van der Waals surface area contributed by atoms with E-state index in [1.165, 1.54) is 35.0 Å². The number of benzene rings is 4. The zero-order chi connectivity index (χ0) is 28.9. The Balaban J connectivity index is 1.20. The van der Waals surface area contributed by atoms with E-state index in [9.17, 15) is 14.7 Å². The fraction of sp³-hybridized carbons (Fsp3) is 0.219. The Morgan fingerprint density at radius 2 is 1.73 bits per heavy atom. The molecule has 1 fully saturated rings. The van der Waals surface area contributed by atoms with Crippen LogP contribution in [0.5, 0.6) is 11.5 Å². The van der Waals surface area contributed by atoms with Crippen molar-refractivity contribution in [2.75, 3.05) is 37.7 Å². The highest BCUT2D eigenvalue weighted by atomic mass is 35.5. The van der Waals surface area contributed by atoms with Gasteiger partial charge in [-0.1, -0.05) is 53.6 Å². The van der Waals surface area contributed by atoms with Crippen molar-refractivity contribution in [3.63, 3.8) is 0 Å². The maximum absolute atomic E-state index is 13.0. The molecule has 0 radical (unpaired) electrons. The molecule has 0 atom stereocenters. The largest absolute Gasteiger partial charge is 0.506 e. The standard InChI is InChI=1S/C32H31ClN4O4/c1-21-7-10-28(22(2)17-21)36-13-15-37(16-14-36)31(39)20-41-30-12-9-24(25-5-3-4-6-26(25)30)19-34-35-32(40)23-8-11-29(38)27(33)18-23/h3-12,17-19,38H,13-16,20H2,1-2H3,(H,35,40)/b34-19-. The number of piperazine rings is 1. The Labute approximate surface area is 243 Å². The molecule has 8 nitrogen and oxygen atoms in total. The van der Waals surface area contributed by atoms with Gasteiger partial charge >= 0.3 is 0 Å². The minimum absolute atomic E-state index is 0.0444. The minimum Gasteiger partial charge on any atom is -0.506 e. The second-order valence-corrected chi connectivity index (χ2v) is 10.4. The van der Waals surface area contributed by atoms with Crippen LogP contribution in [-0.2, 0) is 4.79 Å². The second-order valence-electron chi connectivity index (χ2n) is 10.0. The van der Waals surface area contributed by atoms with Gasteiger partial charge in [0.05, 0.1) is 11.2 Å². The lowest BCUT2D eigenvalue weighted by atomic mass is 10.0. The van der Waals surface area contributed by atoms with Crippen LogP contribution in [0, 0.1) is 13.8 Å². The molecule has 1 heterocycles. The van der Waals surface area contributed by atoms with Crippen LogP contribution in [0.4, 0.5) is 5.69 Å². The number of nitrogens with one attached hydrogen (secondary N) is 1. The molecule has 4 aromatic carbocycles. The molecule has 2 N–H and O–H groups in total. The summed E-state index contributed by atoms with van der Waals surface area (Å²) in [6.45, 7) is 7.02. The molecule has 1 aliphatic rings. The molecule has 4 aromatic rings. The average molecular weight is 571 g/mol. The van der Waals surface area contributed by atoms with Crippen molar-refractivity contribution >= 4 is 46.1 Å². The van der Waals surface area contributed by atoms with Crippen LogP contribution in [0.3, 0.4) is 0 Å². The molecule has 210 valence electrons. The lowest BCUT2D eigenvalue weighted by molar-refractivity contribution is -0.133. The Bertz CT molecular complexity index is 1630. The number of phenols is 1. The van der Waals surface area contributed by atoms with E-state index in [2.05, 4.69) is 47.5 Å². The number of phenolic OH excluding ortho intramolecular Hbond substituents is 1. The van der Waals surface area contributed by atoms with Gasteiger partial charge in [0.15, 0.2) is 6.61 Å². The van der Waals surface area contributed by atoms with Crippen LogP contribution < -0.4 is 15.1 Å². The molecule has 0 aromatic heterocycles. The molecule has 2 amide bonds. The number of hydrazone groups is 1. The Morgan fingerprint density at radius 1 is 0.976 bits per heavy atom. The molecule has 0 spiro atoms. The molecule has 5 rings (SSSR count). The van der Waals surface area contributed by atoms with Crippen LogP contribution in [0.15, 0.2) is 77.9 Å². The summed E-state index contributed by atoms with van der Waals surface area (Å²) in [6, 6.07) is 21.9. The zero-order valence-corrected chi connectivity index (χ0v) is 23.7. The van der Waals surface area contributed by atoms with E-state index in [-0.39, 0.29) is 28.8 Å². The summed E-state index contributed by atoms with van der Waals surface area (Å²) in [5.41, 5.74) is 7.23. The number of carbonyl (C=O) groups is 2. The molecule has 0 aliphatic carbocycles. The quantitative estimate of drug-likeness (QED) is 0.232. The maximum atomic E-state index is 13.0. The first-order valence-corrected chi connectivity index (χ1v) is 13.7. The van der Waals surface area contributed by atoms with Gasteiger partial charge in [-0.15, -0.1) is 0 Å². The first-order valence-electron chi connectivity index (χ1n) is 13.4. The molecular weight excluding hydrogens is 540 g/mol. The van der Waals surface area contributed by atoms with Crippen molar-refractivity contribution in [3.05, 3.63) is 100 Å². The summed E-state index contributed by atoms with van der Waals surface area (Å²) in [5, 5.41) is 15.4. The summed E-state index contributed by atoms with van der Waals surface area (Å²) >= 11 is 5.89. The number of nitrogens with zero attached hydrogens (tertiary/aromatic N) is 3. The number of rotatable bonds is 7. The number of aryl methyl sites for hydroxylation is 2. The normalized spacial score (nSPS) is 13.5. The summed E-state index contributed by atoms with van der Waals surface area (Å²) in [7, 11) is 0. The van der Waals surface area contributed by atoms with Crippen molar-refractivity contribution in [2.45, 2.75) is 13.8 Å². The van der Waals surface area contributed by atoms with Crippen molar-refractivity contribution in [3.8, 4) is 11.5 Å². The van der Waals surface area contributed by atoms with Crippen molar-refractivity contribution in [2.24, 2.45) is 5.10 Å². The molecule has 0 bridgehead atoms. The molecule has 1 aliphatic heterocycles. The van der Waals surface area contributed by atoms with Crippen LogP contribution in [0.2, 0.25) is 5.02 Å². The van der Waals surface area contributed by atoms with Crippen LogP contribution >= 0.6 is 11.6 Å². The first-order chi connectivity index (χ1) is 19.8. The third kappa shape index (κ3) is 6.44. The number of carbonyl (C=O) groups excluding carboxylic acids is 2. The van der Waals surface area contributed by atoms with Crippen molar-refractivity contribution < 1.29 is 19.4 Å². The number of aromatic hydroxyl groups is 1. The number of ether oxygens (including phenoxy) is 1. The van der Waals surface area contributed by atoms with Crippen LogP contribution in [0.1, 0.15) is 27.0 Å². The third-order valence-corrected chi connectivity index (χ3v) is 7.48. The number of fused-ring (bicyclic) bond motifs is 1. The molecule has 41 heavy (non-hydrogen) atoms. The van der Waals surface area contributed by atoms with Gasteiger partial charge < -0.3 is 19.6 Å². The van der Waals surface area contributed by atoms with E-state index < -0.39 is 5.91 Å². The topological polar surface area (TPSA) is 94.5 Å². The fourth-order valence-electron chi connectivity index (χ4n) is 4.99. The van der Waals surface area contributed by atoms with Gasteiger partial charge in [0, 0.05) is 48.4 Å². The molecule has 0 saturated carbocycles. The fourth-order valence-corrected chi connectivity index (χ4v) is 5.17. The zero-order valence-electron chi connectivity index (χ0n) is 22.9. The Morgan fingerprint density at radius 3 is 2.46 bits per heavy atom. The van der Waals surface area contributed by atoms with E-state index in [1.54, 1.807) is 12.3 Å². The lowest BCUT2D eigenvalue weighted by Gasteiger charge is -2.36. The number of hydrogen-bond donors (Lipinski definition) is 2. The predicted octanol–water partition coefficient (Wildman–Crippen LogP) is 5.31. The van der Waals surface area contributed by atoms with Crippen molar-refractivity contribution in [1.82, 2.24) is 10.3 Å². The highest BCUT2D eigenvalue weighted by Crippen LogP contribution is 2.28. The summed E-state index contributed by atoms with van der Waals surface area (Å²) in [6.07, 6.45) is 1.55. The van der Waals surface area contributed by atoms with E-state index in [0.29, 0.717) is 18.8 Å². The van der Waals surface area contributed by atoms with E-state index >= 15 is 0 Å². The first kappa shape index (κ1) is 28.0. The minimum atomic E-state index is -0.458. The van der Waals surface area contributed by atoms with Gasteiger partial charge in [-0.05, 0) is 61.2 Å². The summed E-state index contributed by atoms with van der Waals surface area (Å²) in [4.78, 5) is 29.6. The van der Waals surface area contributed by atoms with E-state index in [1.807, 2.05) is 35.2 Å². The monoisotopic (exact) mass is 570 g/mol. The number of anilines is 1. The molecular formula is C32H31ClN4O4. The van der Waals surface area contributed by atoms with Gasteiger partial charge in [-0.2, -0.15) is 5.10 Å². The maximum Gasteiger partial charge on any atom is 0.271 e. The third-order valence-electron chi connectivity index (χ3n) is 7.17. The second kappa shape index (κ2) is 12.3. The average Bonchev–Trinajstić information content (AvgIpc) is 2.98. The molecule has 9 heteroatoms. The van der Waals surface area contributed by atoms with Crippen LogP contribution in [0.25, 0.3) is 10.8 Å². The van der Waals surface area contributed by atoms with E-state index in [0.717, 1.165) is 29.4 Å².